The molecule has 0 bridgehead atoms. The molecule has 0 aromatic rings. The van der Waals surface area contributed by atoms with Crippen LogP contribution in [0.5, 0.6) is 0 Å². The zero-order valence-electron chi connectivity index (χ0n) is 19.1. The summed E-state index contributed by atoms with van der Waals surface area (Å²) in [6.45, 7) is 11.9. The van der Waals surface area contributed by atoms with Crippen LogP contribution in [-0.2, 0) is 9.59 Å². The number of ketones is 2. The predicted octanol–water partition coefficient (Wildman–Crippen LogP) is 4.50. The summed E-state index contributed by atoms with van der Waals surface area (Å²) < 4.78 is 0. The molecule has 2 N–H and O–H groups in total. The summed E-state index contributed by atoms with van der Waals surface area (Å²) in [6, 6.07) is 0. The van der Waals surface area contributed by atoms with Crippen LogP contribution in [0.2, 0.25) is 0 Å². The smallest absolute Gasteiger partial charge is 0.178 e. The molecule has 0 aliphatic heterocycles. The van der Waals surface area contributed by atoms with E-state index in [-0.39, 0.29) is 34.2 Å². The Morgan fingerprint density at radius 3 is 2.41 bits per heavy atom. The van der Waals surface area contributed by atoms with Crippen LogP contribution in [0.15, 0.2) is 23.8 Å². The lowest BCUT2D eigenvalue weighted by atomic mass is 9.46. The highest BCUT2D eigenvalue weighted by atomic mass is 16.3. The van der Waals surface area contributed by atoms with E-state index in [4.69, 9.17) is 0 Å². The largest absolute Gasteiger partial charge is 0.393 e. The molecule has 4 aliphatic carbocycles. The Morgan fingerprint density at radius 1 is 1.14 bits per heavy atom. The summed E-state index contributed by atoms with van der Waals surface area (Å²) in [5, 5.41) is 20.5. The number of Topliss-reactive ketones (excluding diaryl/α,β-unsaturated/α-hetero) is 1. The maximum Gasteiger partial charge on any atom is 0.178 e. The summed E-state index contributed by atoms with van der Waals surface area (Å²) in [4.78, 5) is 24.1. The SMILES string of the molecule is CC.CC.CC12C=CC(=O)C=C1CCC1C2C(O)CC2(C)C(C(=O)CO)CCC12. The number of aliphatic hydroxyl groups is 2. The second-order valence-electron chi connectivity index (χ2n) is 9.05. The number of fused-ring (bicyclic) bond motifs is 5. The van der Waals surface area contributed by atoms with E-state index in [9.17, 15) is 19.8 Å². The number of hydrogen-bond donors (Lipinski definition) is 2. The van der Waals surface area contributed by atoms with Crippen LogP contribution in [0.1, 0.15) is 73.6 Å². The third kappa shape index (κ3) is 3.79. The molecule has 7 unspecified atom stereocenters. The molecule has 3 fully saturated rings. The third-order valence-corrected chi connectivity index (χ3v) is 8.04. The molecule has 7 atom stereocenters. The lowest BCUT2D eigenvalue weighted by molar-refractivity contribution is -0.141. The molecule has 4 heteroatoms. The third-order valence-electron chi connectivity index (χ3n) is 8.04. The standard InChI is InChI=1S/C21H28O4.2C2H6/c1-20-8-7-13(23)9-12(20)3-4-14-15-5-6-16(18(25)11-22)21(15,2)10-17(24)19(14)20;2*1-2/h7-9,14-17,19,22,24H,3-6,10-11H2,1-2H3;2*1-2H3. The van der Waals surface area contributed by atoms with Crippen LogP contribution in [0.25, 0.3) is 0 Å². The molecular formula is C25H40O4. The molecular weight excluding hydrogens is 364 g/mol. The number of allylic oxidation sites excluding steroid dienone is 4. The van der Waals surface area contributed by atoms with Crippen molar-refractivity contribution in [3.05, 3.63) is 23.8 Å². The molecule has 3 saturated carbocycles. The summed E-state index contributed by atoms with van der Waals surface area (Å²) in [5.74, 6) is 0.734. The van der Waals surface area contributed by atoms with E-state index in [1.54, 1.807) is 12.2 Å². The topological polar surface area (TPSA) is 74.6 Å². The van der Waals surface area contributed by atoms with Gasteiger partial charge in [0.1, 0.15) is 6.61 Å². The Bertz CT molecular complexity index is 678. The Balaban J connectivity index is 0.000000707. The minimum atomic E-state index is -0.482. The fraction of sp³-hybridized carbons (Fsp3) is 0.760. The lowest BCUT2D eigenvalue weighted by Crippen LogP contribution is -2.56. The van der Waals surface area contributed by atoms with Crippen LogP contribution in [0.3, 0.4) is 0 Å². The first-order valence-electron chi connectivity index (χ1n) is 11.6. The highest BCUT2D eigenvalue weighted by Gasteiger charge is 2.62. The maximum absolute atomic E-state index is 12.3. The van der Waals surface area contributed by atoms with Gasteiger partial charge in [0, 0.05) is 17.3 Å². The van der Waals surface area contributed by atoms with Gasteiger partial charge in [0.05, 0.1) is 6.10 Å². The number of aliphatic hydroxyl groups excluding tert-OH is 2. The van der Waals surface area contributed by atoms with Crippen LogP contribution in [-0.4, -0.2) is 34.5 Å². The van der Waals surface area contributed by atoms with Gasteiger partial charge in [-0.3, -0.25) is 9.59 Å². The first-order valence-corrected chi connectivity index (χ1v) is 11.6. The Kier molecular flexibility index (Phi) is 7.67. The quantitative estimate of drug-likeness (QED) is 0.711. The molecule has 164 valence electrons. The Morgan fingerprint density at radius 2 is 1.79 bits per heavy atom. The van der Waals surface area contributed by atoms with Crippen LogP contribution in [0, 0.1) is 34.5 Å². The van der Waals surface area contributed by atoms with E-state index in [1.165, 1.54) is 0 Å². The first-order chi connectivity index (χ1) is 13.8. The maximum atomic E-state index is 12.3. The monoisotopic (exact) mass is 404 g/mol. The minimum Gasteiger partial charge on any atom is -0.393 e. The van der Waals surface area contributed by atoms with Crippen molar-refractivity contribution in [3.8, 4) is 0 Å². The van der Waals surface area contributed by atoms with Crippen molar-refractivity contribution < 1.29 is 19.8 Å². The Hall–Kier alpha value is -1.26. The molecule has 29 heavy (non-hydrogen) atoms. The van der Waals surface area contributed by atoms with Crippen molar-refractivity contribution >= 4 is 11.6 Å². The van der Waals surface area contributed by atoms with Gasteiger partial charge in [0.15, 0.2) is 11.6 Å². The van der Waals surface area contributed by atoms with E-state index in [2.05, 4.69) is 13.8 Å². The highest BCUT2D eigenvalue weighted by molar-refractivity contribution is 6.01. The molecule has 0 amide bonds. The van der Waals surface area contributed by atoms with Crippen LogP contribution < -0.4 is 0 Å². The van der Waals surface area contributed by atoms with Crippen LogP contribution >= 0.6 is 0 Å². The molecule has 4 rings (SSSR count). The fourth-order valence-corrected chi connectivity index (χ4v) is 6.96. The van der Waals surface area contributed by atoms with E-state index in [0.717, 1.165) is 31.3 Å². The van der Waals surface area contributed by atoms with Gasteiger partial charge in [0.2, 0.25) is 0 Å². The molecule has 0 spiro atoms. The molecule has 0 aromatic carbocycles. The van der Waals surface area contributed by atoms with Crippen molar-refractivity contribution in [2.24, 2.45) is 34.5 Å². The zero-order chi connectivity index (χ0) is 22.0. The van der Waals surface area contributed by atoms with Gasteiger partial charge in [-0.1, -0.05) is 53.2 Å². The van der Waals surface area contributed by atoms with Gasteiger partial charge in [-0.05, 0) is 61.5 Å². The van der Waals surface area contributed by atoms with E-state index in [0.29, 0.717) is 18.3 Å². The second kappa shape index (κ2) is 9.26. The van der Waals surface area contributed by atoms with E-state index < -0.39 is 12.7 Å². The van der Waals surface area contributed by atoms with Gasteiger partial charge in [-0.15, -0.1) is 0 Å². The molecule has 4 aliphatic rings. The van der Waals surface area contributed by atoms with Gasteiger partial charge in [-0.2, -0.15) is 0 Å². The van der Waals surface area contributed by atoms with Gasteiger partial charge in [-0.25, -0.2) is 0 Å². The predicted molar refractivity (Wildman–Crippen MR) is 116 cm³/mol. The summed E-state index contributed by atoms with van der Waals surface area (Å²) >= 11 is 0. The van der Waals surface area contributed by atoms with E-state index >= 15 is 0 Å². The van der Waals surface area contributed by atoms with Crippen molar-refractivity contribution in [2.75, 3.05) is 6.61 Å². The van der Waals surface area contributed by atoms with Gasteiger partial charge in [0.25, 0.3) is 0 Å². The van der Waals surface area contributed by atoms with Crippen LogP contribution in [0.4, 0.5) is 0 Å². The molecule has 0 radical (unpaired) electrons. The Labute approximate surface area is 176 Å². The minimum absolute atomic E-state index is 0.0514. The molecule has 4 nitrogen and oxygen atoms in total. The number of hydrogen-bond acceptors (Lipinski definition) is 4. The van der Waals surface area contributed by atoms with Crippen molar-refractivity contribution in [3.63, 3.8) is 0 Å². The van der Waals surface area contributed by atoms with E-state index in [1.807, 2.05) is 33.8 Å². The zero-order valence-corrected chi connectivity index (χ0v) is 19.1. The lowest BCUT2D eigenvalue weighted by Gasteiger charge is -2.58. The summed E-state index contributed by atoms with van der Waals surface area (Å²) in [5.41, 5.74) is 0.688. The van der Waals surface area contributed by atoms with Crippen molar-refractivity contribution in [1.82, 2.24) is 0 Å². The van der Waals surface area contributed by atoms with Crippen molar-refractivity contribution in [1.29, 1.82) is 0 Å². The second-order valence-corrected chi connectivity index (χ2v) is 9.05. The number of carbonyl (C=O) groups excluding carboxylic acids is 2. The molecule has 0 heterocycles. The number of rotatable bonds is 2. The average molecular weight is 405 g/mol. The first kappa shape index (κ1) is 24.0. The summed E-state index contributed by atoms with van der Waals surface area (Å²) in [6.07, 6.45) is 9.25. The number of carbonyl (C=O) groups is 2. The molecule has 0 aromatic heterocycles. The highest BCUT2D eigenvalue weighted by Crippen LogP contribution is 2.66. The molecule has 0 saturated heterocycles. The average Bonchev–Trinajstić information content (AvgIpc) is 3.07. The normalized spacial score (nSPS) is 42.1. The summed E-state index contributed by atoms with van der Waals surface area (Å²) in [7, 11) is 0. The van der Waals surface area contributed by atoms with Gasteiger partial charge < -0.3 is 10.2 Å². The fourth-order valence-electron chi connectivity index (χ4n) is 6.96. The van der Waals surface area contributed by atoms with Gasteiger partial charge >= 0.3 is 0 Å². The van der Waals surface area contributed by atoms with Crippen molar-refractivity contribution in [2.45, 2.75) is 79.8 Å².